The van der Waals surface area contributed by atoms with E-state index in [2.05, 4.69) is 9.71 Å². The maximum atomic E-state index is 11.9. The van der Waals surface area contributed by atoms with E-state index in [1.54, 1.807) is 12.4 Å². The Morgan fingerprint density at radius 3 is 2.41 bits per heavy atom. The van der Waals surface area contributed by atoms with Crippen LogP contribution >= 0.6 is 0 Å². The number of nitrogens with zero attached hydrogens (tertiary/aromatic N) is 1. The number of hydrogen-bond acceptors (Lipinski definition) is 3. The van der Waals surface area contributed by atoms with Crippen molar-refractivity contribution in [3.8, 4) is 0 Å². The Morgan fingerprint density at radius 2 is 1.77 bits per heavy atom. The maximum Gasteiger partial charge on any atom is 0.211 e. The van der Waals surface area contributed by atoms with Gasteiger partial charge < -0.3 is 0 Å². The Labute approximate surface area is 132 Å². The molecule has 0 fully saturated rings. The highest BCUT2D eigenvalue weighted by molar-refractivity contribution is 7.89. The topological polar surface area (TPSA) is 59.1 Å². The third kappa shape index (κ3) is 5.24. The molecule has 0 saturated carbocycles. The van der Waals surface area contributed by atoms with Crippen LogP contribution < -0.4 is 4.72 Å². The maximum absolute atomic E-state index is 11.9. The summed E-state index contributed by atoms with van der Waals surface area (Å²) in [5.74, 6) is 0.277. The highest BCUT2D eigenvalue weighted by atomic mass is 32.2. The number of pyridine rings is 1. The largest absolute Gasteiger partial charge is 0.265 e. The molecule has 0 radical (unpaired) electrons. The molecular weight excluding hydrogens is 296 g/mol. The van der Waals surface area contributed by atoms with Crippen molar-refractivity contribution in [2.24, 2.45) is 0 Å². The number of aromatic nitrogens is 1. The van der Waals surface area contributed by atoms with Gasteiger partial charge in [0.05, 0.1) is 5.75 Å². The van der Waals surface area contributed by atoms with Gasteiger partial charge in [0.15, 0.2) is 0 Å². The lowest BCUT2D eigenvalue weighted by Gasteiger charge is -2.18. The molecule has 0 bridgehead atoms. The summed E-state index contributed by atoms with van der Waals surface area (Å²) in [4.78, 5) is 4.02. The van der Waals surface area contributed by atoms with E-state index in [9.17, 15) is 8.42 Å². The third-order valence-electron chi connectivity index (χ3n) is 3.52. The highest BCUT2D eigenvalue weighted by Gasteiger charge is 2.16. The van der Waals surface area contributed by atoms with Crippen molar-refractivity contribution in [1.29, 1.82) is 0 Å². The lowest BCUT2D eigenvalue weighted by Crippen LogP contribution is -2.31. The summed E-state index contributed by atoms with van der Waals surface area (Å²) < 4.78 is 26.5. The SMILES string of the molecule is CCCS(=O)(=O)NCC(Cc1ccncc1)c1ccccc1. The van der Waals surface area contributed by atoms with Crippen LogP contribution in [0.25, 0.3) is 0 Å². The van der Waals surface area contributed by atoms with E-state index in [-0.39, 0.29) is 11.7 Å². The Balaban J connectivity index is 2.12. The fraction of sp³-hybridized carbons (Fsp3) is 0.353. The van der Waals surface area contributed by atoms with Gasteiger partial charge in [0.2, 0.25) is 10.0 Å². The van der Waals surface area contributed by atoms with Gasteiger partial charge in [-0.3, -0.25) is 4.98 Å². The van der Waals surface area contributed by atoms with Gasteiger partial charge >= 0.3 is 0 Å². The Hall–Kier alpha value is -1.72. The van der Waals surface area contributed by atoms with Crippen molar-refractivity contribution < 1.29 is 8.42 Å². The zero-order chi connectivity index (χ0) is 15.8. The van der Waals surface area contributed by atoms with E-state index >= 15 is 0 Å². The van der Waals surface area contributed by atoms with Gasteiger partial charge in [-0.1, -0.05) is 37.3 Å². The van der Waals surface area contributed by atoms with E-state index in [1.165, 1.54) is 0 Å². The molecule has 1 N–H and O–H groups in total. The first-order valence-corrected chi connectivity index (χ1v) is 9.17. The molecule has 1 aromatic heterocycles. The normalized spacial score (nSPS) is 13.0. The highest BCUT2D eigenvalue weighted by Crippen LogP contribution is 2.20. The van der Waals surface area contributed by atoms with Crippen LogP contribution in [0, 0.1) is 0 Å². The summed E-state index contributed by atoms with van der Waals surface area (Å²) in [6.07, 6.45) is 4.92. The molecule has 1 heterocycles. The number of rotatable bonds is 8. The molecule has 0 aliphatic heterocycles. The molecule has 0 saturated heterocycles. The molecule has 2 rings (SSSR count). The second kappa shape index (κ2) is 8.06. The van der Waals surface area contributed by atoms with E-state index in [1.807, 2.05) is 49.4 Å². The summed E-state index contributed by atoms with van der Waals surface area (Å²) in [6.45, 7) is 2.28. The van der Waals surface area contributed by atoms with Gasteiger partial charge in [-0.15, -0.1) is 0 Å². The van der Waals surface area contributed by atoms with Crippen LogP contribution in [-0.4, -0.2) is 25.7 Å². The monoisotopic (exact) mass is 318 g/mol. The summed E-state index contributed by atoms with van der Waals surface area (Å²) in [5, 5.41) is 0. The fourth-order valence-electron chi connectivity index (χ4n) is 2.40. The van der Waals surface area contributed by atoms with E-state index < -0.39 is 10.0 Å². The van der Waals surface area contributed by atoms with E-state index in [0.717, 1.165) is 17.5 Å². The Kier molecular flexibility index (Phi) is 6.10. The van der Waals surface area contributed by atoms with Crippen molar-refractivity contribution in [2.75, 3.05) is 12.3 Å². The van der Waals surface area contributed by atoms with Crippen LogP contribution in [0.2, 0.25) is 0 Å². The van der Waals surface area contributed by atoms with Crippen LogP contribution in [0.1, 0.15) is 30.4 Å². The summed E-state index contributed by atoms with van der Waals surface area (Å²) in [6, 6.07) is 14.0. The van der Waals surface area contributed by atoms with Gasteiger partial charge in [0, 0.05) is 24.9 Å². The number of sulfonamides is 1. The van der Waals surface area contributed by atoms with Gasteiger partial charge in [0.1, 0.15) is 0 Å². The molecule has 5 heteroatoms. The molecule has 4 nitrogen and oxygen atoms in total. The molecule has 0 amide bonds. The smallest absolute Gasteiger partial charge is 0.211 e. The first-order valence-electron chi connectivity index (χ1n) is 7.52. The zero-order valence-electron chi connectivity index (χ0n) is 12.8. The number of nitrogens with one attached hydrogen (secondary N) is 1. The van der Waals surface area contributed by atoms with Crippen LogP contribution in [0.3, 0.4) is 0 Å². The van der Waals surface area contributed by atoms with Crippen LogP contribution in [0.15, 0.2) is 54.9 Å². The first-order chi connectivity index (χ1) is 10.6. The van der Waals surface area contributed by atoms with Crippen molar-refractivity contribution >= 4 is 10.0 Å². The van der Waals surface area contributed by atoms with Crippen molar-refractivity contribution in [2.45, 2.75) is 25.7 Å². The van der Waals surface area contributed by atoms with Crippen LogP contribution in [-0.2, 0) is 16.4 Å². The summed E-state index contributed by atoms with van der Waals surface area (Å²) in [7, 11) is -3.19. The second-order valence-electron chi connectivity index (χ2n) is 5.33. The molecule has 1 aromatic carbocycles. The molecule has 2 aromatic rings. The minimum atomic E-state index is -3.19. The molecule has 1 atom stereocenters. The van der Waals surface area contributed by atoms with Gasteiger partial charge in [-0.05, 0) is 36.1 Å². The molecule has 0 aliphatic carbocycles. The molecule has 22 heavy (non-hydrogen) atoms. The fourth-order valence-corrected chi connectivity index (χ4v) is 3.54. The van der Waals surface area contributed by atoms with Gasteiger partial charge in [-0.2, -0.15) is 0 Å². The second-order valence-corrected chi connectivity index (χ2v) is 7.26. The number of benzene rings is 1. The third-order valence-corrected chi connectivity index (χ3v) is 5.08. The minimum Gasteiger partial charge on any atom is -0.265 e. The minimum absolute atomic E-state index is 0.107. The van der Waals surface area contributed by atoms with Crippen LogP contribution in [0.5, 0.6) is 0 Å². The molecule has 118 valence electrons. The van der Waals surface area contributed by atoms with E-state index in [4.69, 9.17) is 0 Å². The summed E-state index contributed by atoms with van der Waals surface area (Å²) >= 11 is 0. The predicted octanol–water partition coefficient (Wildman–Crippen LogP) is 2.74. The molecule has 1 unspecified atom stereocenters. The quantitative estimate of drug-likeness (QED) is 0.814. The van der Waals surface area contributed by atoms with Crippen molar-refractivity contribution in [1.82, 2.24) is 9.71 Å². The van der Waals surface area contributed by atoms with Crippen LogP contribution in [0.4, 0.5) is 0 Å². The zero-order valence-corrected chi connectivity index (χ0v) is 13.6. The summed E-state index contributed by atoms with van der Waals surface area (Å²) in [5.41, 5.74) is 2.29. The van der Waals surface area contributed by atoms with Crippen molar-refractivity contribution in [3.63, 3.8) is 0 Å². The predicted molar refractivity (Wildman–Crippen MR) is 89.2 cm³/mol. The van der Waals surface area contributed by atoms with Crippen molar-refractivity contribution in [3.05, 3.63) is 66.0 Å². The number of hydrogen-bond donors (Lipinski definition) is 1. The molecule has 0 spiro atoms. The Morgan fingerprint density at radius 1 is 1.09 bits per heavy atom. The molecular formula is C17H22N2O2S. The lowest BCUT2D eigenvalue weighted by atomic mass is 9.92. The molecule has 0 aliphatic rings. The lowest BCUT2D eigenvalue weighted by molar-refractivity contribution is 0.567. The standard InChI is InChI=1S/C17H22N2O2S/c1-2-12-22(20,21)19-14-17(16-6-4-3-5-7-16)13-15-8-10-18-11-9-15/h3-11,17,19H,2,12-14H2,1H3. The van der Waals surface area contributed by atoms with E-state index in [0.29, 0.717) is 13.0 Å². The van der Waals surface area contributed by atoms with Gasteiger partial charge in [0.25, 0.3) is 0 Å². The Bertz CT molecular complexity index is 658. The first kappa shape index (κ1) is 16.6. The average Bonchev–Trinajstić information content (AvgIpc) is 2.53. The average molecular weight is 318 g/mol. The van der Waals surface area contributed by atoms with Gasteiger partial charge in [-0.25, -0.2) is 13.1 Å².